The Morgan fingerprint density at radius 2 is 1.95 bits per heavy atom. The second kappa shape index (κ2) is 5.80. The van der Waals surface area contributed by atoms with E-state index in [1.54, 1.807) is 0 Å². The average molecular weight is 288 g/mol. The molecule has 116 valence electrons. The van der Waals surface area contributed by atoms with Gasteiger partial charge in [-0.1, -0.05) is 32.9 Å². The summed E-state index contributed by atoms with van der Waals surface area (Å²) in [5, 5.41) is 3.13. The molecule has 1 amide bonds. The van der Waals surface area contributed by atoms with Gasteiger partial charge in [0.15, 0.2) is 0 Å². The van der Waals surface area contributed by atoms with Gasteiger partial charge in [-0.15, -0.1) is 0 Å². The first-order valence-electron chi connectivity index (χ1n) is 7.87. The van der Waals surface area contributed by atoms with Crippen molar-refractivity contribution >= 4 is 11.6 Å². The molecule has 0 aliphatic heterocycles. The maximum atomic E-state index is 12.7. The van der Waals surface area contributed by atoms with Crippen molar-refractivity contribution in [1.29, 1.82) is 0 Å². The third-order valence-electron chi connectivity index (χ3n) is 5.47. The number of nitrogens with two attached hydrogens (primary N) is 1. The van der Waals surface area contributed by atoms with E-state index in [1.165, 1.54) is 0 Å². The number of carbonyl (C=O) groups is 1. The second-order valence-corrected chi connectivity index (χ2v) is 7.21. The molecule has 0 spiro atoms. The third-order valence-corrected chi connectivity index (χ3v) is 5.47. The van der Waals surface area contributed by atoms with Crippen LogP contribution >= 0.6 is 0 Å². The molecule has 0 saturated heterocycles. The van der Waals surface area contributed by atoms with E-state index in [9.17, 15) is 4.79 Å². The standard InChI is InChI=1S/C18H28N2O/c1-11-6-7-12(2)16(10-11)20-17(21)14-8-9-15(19)13(3)18(14,4)5/h6-7,10,13-15H,8-9,19H2,1-5H3,(H,20,21). The third kappa shape index (κ3) is 3.13. The summed E-state index contributed by atoms with van der Waals surface area (Å²) in [4.78, 5) is 12.7. The summed E-state index contributed by atoms with van der Waals surface area (Å²) >= 11 is 0. The SMILES string of the molecule is Cc1ccc(C)c(NC(=O)C2CCC(N)C(C)C2(C)C)c1. The normalized spacial score (nSPS) is 28.2. The Labute approximate surface area is 128 Å². The van der Waals surface area contributed by atoms with Crippen LogP contribution in [0.15, 0.2) is 18.2 Å². The summed E-state index contributed by atoms with van der Waals surface area (Å²) in [5.41, 5.74) is 9.31. The Kier molecular flexibility index (Phi) is 4.43. The molecule has 3 heteroatoms. The Morgan fingerprint density at radius 1 is 1.29 bits per heavy atom. The summed E-state index contributed by atoms with van der Waals surface area (Å²) in [6.45, 7) is 10.6. The smallest absolute Gasteiger partial charge is 0.228 e. The van der Waals surface area contributed by atoms with E-state index >= 15 is 0 Å². The summed E-state index contributed by atoms with van der Waals surface area (Å²) in [5.74, 6) is 0.500. The van der Waals surface area contributed by atoms with Gasteiger partial charge in [-0.05, 0) is 55.2 Å². The molecule has 1 aromatic carbocycles. The van der Waals surface area contributed by atoms with E-state index in [0.29, 0.717) is 5.92 Å². The Morgan fingerprint density at radius 3 is 2.62 bits per heavy atom. The molecule has 1 aromatic rings. The van der Waals surface area contributed by atoms with E-state index in [1.807, 2.05) is 19.9 Å². The minimum atomic E-state index is -0.0700. The van der Waals surface area contributed by atoms with Crippen molar-refractivity contribution in [3.8, 4) is 0 Å². The molecule has 1 fully saturated rings. The van der Waals surface area contributed by atoms with E-state index < -0.39 is 0 Å². The zero-order chi connectivity index (χ0) is 15.8. The van der Waals surface area contributed by atoms with Crippen molar-refractivity contribution in [2.75, 3.05) is 5.32 Å². The van der Waals surface area contributed by atoms with Gasteiger partial charge in [-0.25, -0.2) is 0 Å². The zero-order valence-electron chi connectivity index (χ0n) is 13.9. The van der Waals surface area contributed by atoms with Crippen LogP contribution in [-0.2, 0) is 4.79 Å². The largest absolute Gasteiger partial charge is 0.327 e. The van der Waals surface area contributed by atoms with Crippen LogP contribution in [-0.4, -0.2) is 11.9 Å². The highest BCUT2D eigenvalue weighted by atomic mass is 16.1. The zero-order valence-corrected chi connectivity index (χ0v) is 13.9. The molecular formula is C18H28N2O. The van der Waals surface area contributed by atoms with Crippen LogP contribution in [0.5, 0.6) is 0 Å². The first-order valence-corrected chi connectivity index (χ1v) is 7.87. The Bertz CT molecular complexity index is 536. The maximum Gasteiger partial charge on any atom is 0.228 e. The fourth-order valence-corrected chi connectivity index (χ4v) is 3.41. The van der Waals surface area contributed by atoms with Crippen molar-refractivity contribution in [3.05, 3.63) is 29.3 Å². The fraction of sp³-hybridized carbons (Fsp3) is 0.611. The summed E-state index contributed by atoms with van der Waals surface area (Å²) < 4.78 is 0. The summed E-state index contributed by atoms with van der Waals surface area (Å²) in [7, 11) is 0. The maximum absolute atomic E-state index is 12.7. The number of anilines is 1. The van der Waals surface area contributed by atoms with E-state index in [-0.39, 0.29) is 23.3 Å². The lowest BCUT2D eigenvalue weighted by Crippen LogP contribution is -2.50. The molecule has 3 nitrogen and oxygen atoms in total. The first kappa shape index (κ1) is 16.0. The monoisotopic (exact) mass is 288 g/mol. The van der Waals surface area contributed by atoms with Crippen molar-refractivity contribution in [1.82, 2.24) is 0 Å². The van der Waals surface area contributed by atoms with Crippen LogP contribution in [0.3, 0.4) is 0 Å². The molecule has 1 saturated carbocycles. The highest BCUT2D eigenvalue weighted by Gasteiger charge is 2.45. The van der Waals surface area contributed by atoms with Crippen LogP contribution in [0.2, 0.25) is 0 Å². The molecule has 3 atom stereocenters. The van der Waals surface area contributed by atoms with Crippen molar-refractivity contribution < 1.29 is 4.79 Å². The topological polar surface area (TPSA) is 55.1 Å². The van der Waals surface area contributed by atoms with Gasteiger partial charge in [0.05, 0.1) is 0 Å². The van der Waals surface area contributed by atoms with Crippen LogP contribution in [0, 0.1) is 31.1 Å². The predicted octanol–water partition coefficient (Wildman–Crippen LogP) is 3.64. The number of hydrogen-bond acceptors (Lipinski definition) is 2. The van der Waals surface area contributed by atoms with Gasteiger partial charge in [0.1, 0.15) is 0 Å². The molecule has 21 heavy (non-hydrogen) atoms. The number of benzene rings is 1. The molecule has 1 aliphatic carbocycles. The Hall–Kier alpha value is -1.35. The van der Waals surface area contributed by atoms with Crippen LogP contribution in [0.1, 0.15) is 44.7 Å². The predicted molar refractivity (Wildman–Crippen MR) is 88.2 cm³/mol. The number of rotatable bonds is 2. The summed E-state index contributed by atoms with van der Waals surface area (Å²) in [6.07, 6.45) is 1.80. The molecule has 1 aliphatic rings. The van der Waals surface area contributed by atoms with Gasteiger partial charge in [-0.3, -0.25) is 4.79 Å². The lowest BCUT2D eigenvalue weighted by molar-refractivity contribution is -0.127. The number of amides is 1. The van der Waals surface area contributed by atoms with Gasteiger partial charge in [-0.2, -0.15) is 0 Å². The fourth-order valence-electron chi connectivity index (χ4n) is 3.41. The van der Waals surface area contributed by atoms with Crippen LogP contribution in [0.25, 0.3) is 0 Å². The highest BCUT2D eigenvalue weighted by molar-refractivity contribution is 5.94. The molecule has 0 aromatic heterocycles. The average Bonchev–Trinajstić information content (AvgIpc) is 2.40. The number of hydrogen-bond donors (Lipinski definition) is 2. The van der Waals surface area contributed by atoms with Crippen LogP contribution in [0.4, 0.5) is 5.69 Å². The van der Waals surface area contributed by atoms with Crippen LogP contribution < -0.4 is 11.1 Å². The van der Waals surface area contributed by atoms with Crippen molar-refractivity contribution in [2.45, 2.75) is 53.5 Å². The van der Waals surface area contributed by atoms with E-state index in [4.69, 9.17) is 5.73 Å². The van der Waals surface area contributed by atoms with Gasteiger partial charge >= 0.3 is 0 Å². The lowest BCUT2D eigenvalue weighted by atomic mass is 9.61. The molecule has 0 heterocycles. The van der Waals surface area contributed by atoms with Gasteiger partial charge in [0.2, 0.25) is 5.91 Å². The van der Waals surface area contributed by atoms with Gasteiger partial charge in [0, 0.05) is 17.6 Å². The highest BCUT2D eigenvalue weighted by Crippen LogP contribution is 2.44. The molecule has 2 rings (SSSR count). The minimum Gasteiger partial charge on any atom is -0.327 e. The lowest BCUT2D eigenvalue weighted by Gasteiger charge is -2.46. The quantitative estimate of drug-likeness (QED) is 0.873. The molecule has 3 unspecified atom stereocenters. The molecule has 0 radical (unpaired) electrons. The molecular weight excluding hydrogens is 260 g/mol. The minimum absolute atomic E-state index is 0.0206. The van der Waals surface area contributed by atoms with Crippen molar-refractivity contribution in [2.24, 2.45) is 23.0 Å². The number of nitrogens with one attached hydrogen (secondary N) is 1. The second-order valence-electron chi connectivity index (χ2n) is 7.21. The van der Waals surface area contributed by atoms with E-state index in [0.717, 1.165) is 29.7 Å². The molecule has 0 bridgehead atoms. The summed E-state index contributed by atoms with van der Waals surface area (Å²) in [6, 6.07) is 6.36. The number of aryl methyl sites for hydroxylation is 2. The van der Waals surface area contributed by atoms with Crippen molar-refractivity contribution in [3.63, 3.8) is 0 Å². The van der Waals surface area contributed by atoms with E-state index in [2.05, 4.69) is 38.2 Å². The first-order chi connectivity index (χ1) is 9.73. The Balaban J connectivity index is 2.18. The number of carbonyl (C=O) groups excluding carboxylic acids is 1. The van der Waals surface area contributed by atoms with Gasteiger partial charge in [0.25, 0.3) is 0 Å². The van der Waals surface area contributed by atoms with Gasteiger partial charge < -0.3 is 11.1 Å². The molecule has 3 N–H and O–H groups in total.